The molecule has 39 heavy (non-hydrogen) atoms. The van der Waals surface area contributed by atoms with Crippen LogP contribution in [0.2, 0.25) is 0 Å². The van der Waals surface area contributed by atoms with E-state index >= 15 is 0 Å². The Morgan fingerprint density at radius 2 is 0.769 bits per heavy atom. The predicted octanol–water partition coefficient (Wildman–Crippen LogP) is 10.6. The van der Waals surface area contributed by atoms with Gasteiger partial charge in [0.15, 0.2) is 6.29 Å². The van der Waals surface area contributed by atoms with Crippen molar-refractivity contribution < 1.29 is 14.6 Å². The zero-order valence-electron chi connectivity index (χ0n) is 27.3. The van der Waals surface area contributed by atoms with Gasteiger partial charge in [-0.25, -0.2) is 0 Å². The minimum atomic E-state index is -0.866. The first-order chi connectivity index (χ1) is 18.9. The van der Waals surface area contributed by atoms with Crippen molar-refractivity contribution in [3.8, 4) is 0 Å². The molecule has 4 nitrogen and oxygen atoms in total. The van der Waals surface area contributed by atoms with Gasteiger partial charge in [0.2, 0.25) is 0 Å². The molecular formula is C35H73NO3. The van der Waals surface area contributed by atoms with Gasteiger partial charge in [-0.05, 0) is 39.5 Å². The highest BCUT2D eigenvalue weighted by atomic mass is 16.7. The van der Waals surface area contributed by atoms with Gasteiger partial charge in [0.25, 0.3) is 0 Å². The highest BCUT2D eigenvalue weighted by Crippen LogP contribution is 2.17. The van der Waals surface area contributed by atoms with E-state index in [4.69, 9.17) is 15.2 Å². The van der Waals surface area contributed by atoms with E-state index in [2.05, 4.69) is 13.8 Å². The Bertz CT molecular complexity index is 435. The number of ether oxygens (including phenoxy) is 2. The minimum absolute atomic E-state index is 0.196. The van der Waals surface area contributed by atoms with Crippen LogP contribution in [0.3, 0.4) is 0 Å². The average molecular weight is 556 g/mol. The van der Waals surface area contributed by atoms with Crippen LogP contribution in [0.25, 0.3) is 0 Å². The van der Waals surface area contributed by atoms with Gasteiger partial charge in [-0.1, -0.05) is 155 Å². The summed E-state index contributed by atoms with van der Waals surface area (Å²) in [5.74, 6) is 0. The second kappa shape index (κ2) is 29.3. The van der Waals surface area contributed by atoms with Gasteiger partial charge >= 0.3 is 0 Å². The molecule has 4 heteroatoms. The van der Waals surface area contributed by atoms with Gasteiger partial charge in [-0.15, -0.1) is 0 Å². The van der Waals surface area contributed by atoms with E-state index in [0.29, 0.717) is 6.42 Å². The molecular weight excluding hydrogens is 482 g/mol. The monoisotopic (exact) mass is 556 g/mol. The SMILES string of the molecule is CCCCCCCCCCCCCCOC(CCC(N)C(C)(C)O)OCCCCCCCCCCCCCC. The number of hydrogen-bond donors (Lipinski definition) is 2. The molecule has 0 amide bonds. The molecule has 0 rings (SSSR count). The fourth-order valence-electron chi connectivity index (χ4n) is 5.20. The summed E-state index contributed by atoms with van der Waals surface area (Å²) in [5, 5.41) is 10.2. The summed E-state index contributed by atoms with van der Waals surface area (Å²) in [6.07, 6.45) is 33.7. The predicted molar refractivity (Wildman–Crippen MR) is 171 cm³/mol. The van der Waals surface area contributed by atoms with E-state index in [1.807, 2.05) is 0 Å². The first kappa shape index (κ1) is 38.8. The van der Waals surface area contributed by atoms with Gasteiger partial charge in [0, 0.05) is 19.3 Å². The Morgan fingerprint density at radius 1 is 0.487 bits per heavy atom. The van der Waals surface area contributed by atoms with Crippen molar-refractivity contribution in [2.45, 2.75) is 213 Å². The van der Waals surface area contributed by atoms with Crippen LogP contribution in [0, 0.1) is 0 Å². The molecule has 0 radical (unpaired) electrons. The van der Waals surface area contributed by atoms with E-state index in [0.717, 1.165) is 32.5 Å². The van der Waals surface area contributed by atoms with Crippen LogP contribution in [0.15, 0.2) is 0 Å². The molecule has 0 fully saturated rings. The first-order valence-electron chi connectivity index (χ1n) is 17.6. The summed E-state index contributed by atoms with van der Waals surface area (Å²) in [5.41, 5.74) is 5.32. The topological polar surface area (TPSA) is 64.7 Å². The van der Waals surface area contributed by atoms with Crippen LogP contribution in [0.1, 0.15) is 195 Å². The van der Waals surface area contributed by atoms with Crippen molar-refractivity contribution in [1.29, 1.82) is 0 Å². The van der Waals surface area contributed by atoms with Gasteiger partial charge in [0.1, 0.15) is 0 Å². The zero-order valence-corrected chi connectivity index (χ0v) is 27.3. The van der Waals surface area contributed by atoms with Gasteiger partial charge in [-0.2, -0.15) is 0 Å². The maximum absolute atomic E-state index is 10.2. The lowest BCUT2D eigenvalue weighted by molar-refractivity contribution is -0.149. The number of hydrogen-bond acceptors (Lipinski definition) is 4. The first-order valence-corrected chi connectivity index (χ1v) is 17.6. The summed E-state index contributed by atoms with van der Waals surface area (Å²) >= 11 is 0. The smallest absolute Gasteiger partial charge is 0.157 e. The summed E-state index contributed by atoms with van der Waals surface area (Å²) in [4.78, 5) is 0. The van der Waals surface area contributed by atoms with Crippen molar-refractivity contribution in [3.63, 3.8) is 0 Å². The molecule has 0 aliphatic heterocycles. The summed E-state index contributed by atoms with van der Waals surface area (Å²) in [6.45, 7) is 9.66. The van der Waals surface area contributed by atoms with E-state index in [-0.39, 0.29) is 12.3 Å². The van der Waals surface area contributed by atoms with Crippen LogP contribution in [0.4, 0.5) is 0 Å². The highest BCUT2D eigenvalue weighted by molar-refractivity contribution is 4.80. The standard InChI is InChI=1S/C35H73NO3/c1-5-7-9-11-13-15-17-19-21-23-25-27-31-38-34(30-29-33(36)35(3,4)37)39-32-28-26-24-22-20-18-16-14-12-10-8-6-2/h33-34,37H,5-32,36H2,1-4H3. The third kappa shape index (κ3) is 29.1. The average Bonchev–Trinajstić information content (AvgIpc) is 2.91. The largest absolute Gasteiger partial charge is 0.389 e. The van der Waals surface area contributed by atoms with Gasteiger partial charge in [0.05, 0.1) is 5.60 Å². The lowest BCUT2D eigenvalue weighted by Crippen LogP contribution is -2.43. The fraction of sp³-hybridized carbons (Fsp3) is 1.00. The van der Waals surface area contributed by atoms with E-state index in [9.17, 15) is 5.11 Å². The molecule has 1 atom stereocenters. The van der Waals surface area contributed by atoms with E-state index in [1.165, 1.54) is 141 Å². The van der Waals surface area contributed by atoms with Crippen LogP contribution in [-0.2, 0) is 9.47 Å². The van der Waals surface area contributed by atoms with Crippen LogP contribution in [0.5, 0.6) is 0 Å². The summed E-state index contributed by atoms with van der Waals surface area (Å²) in [7, 11) is 0. The molecule has 0 aliphatic carbocycles. The molecule has 236 valence electrons. The molecule has 0 aromatic rings. The number of rotatable bonds is 32. The van der Waals surface area contributed by atoms with Crippen LogP contribution >= 0.6 is 0 Å². The Hall–Kier alpha value is -0.160. The van der Waals surface area contributed by atoms with Gasteiger partial charge in [-0.3, -0.25) is 0 Å². The minimum Gasteiger partial charge on any atom is -0.389 e. The lowest BCUT2D eigenvalue weighted by Gasteiger charge is -2.27. The summed E-state index contributed by atoms with van der Waals surface area (Å²) < 4.78 is 12.3. The van der Waals surface area contributed by atoms with Crippen molar-refractivity contribution in [2.75, 3.05) is 13.2 Å². The molecule has 0 aromatic heterocycles. The van der Waals surface area contributed by atoms with E-state index in [1.54, 1.807) is 13.8 Å². The highest BCUT2D eigenvalue weighted by Gasteiger charge is 2.24. The maximum Gasteiger partial charge on any atom is 0.157 e. The Morgan fingerprint density at radius 3 is 1.05 bits per heavy atom. The number of aliphatic hydroxyl groups is 1. The van der Waals surface area contributed by atoms with Crippen molar-refractivity contribution >= 4 is 0 Å². The Balaban J connectivity index is 3.87. The Kier molecular flexibility index (Phi) is 29.2. The molecule has 0 spiro atoms. The Labute approximate surface area is 246 Å². The lowest BCUT2D eigenvalue weighted by atomic mass is 9.95. The molecule has 0 heterocycles. The molecule has 1 unspecified atom stereocenters. The van der Waals surface area contributed by atoms with Crippen LogP contribution < -0.4 is 5.73 Å². The molecule has 0 bridgehead atoms. The zero-order chi connectivity index (χ0) is 28.9. The molecule has 0 aliphatic rings. The van der Waals surface area contributed by atoms with Crippen molar-refractivity contribution in [3.05, 3.63) is 0 Å². The third-order valence-corrected chi connectivity index (χ3v) is 8.22. The molecule has 0 saturated heterocycles. The normalized spacial score (nSPS) is 13.0. The molecule has 0 aromatic carbocycles. The maximum atomic E-state index is 10.2. The van der Waals surface area contributed by atoms with E-state index < -0.39 is 5.60 Å². The number of unbranched alkanes of at least 4 members (excludes halogenated alkanes) is 22. The molecule has 0 saturated carbocycles. The number of nitrogens with two attached hydrogens (primary N) is 1. The third-order valence-electron chi connectivity index (χ3n) is 8.22. The second-order valence-corrected chi connectivity index (χ2v) is 12.8. The van der Waals surface area contributed by atoms with Crippen LogP contribution in [-0.4, -0.2) is 36.3 Å². The summed E-state index contributed by atoms with van der Waals surface area (Å²) in [6, 6.07) is -0.259. The van der Waals surface area contributed by atoms with Gasteiger partial charge < -0.3 is 20.3 Å². The fourth-order valence-corrected chi connectivity index (χ4v) is 5.20. The second-order valence-electron chi connectivity index (χ2n) is 12.8. The van der Waals surface area contributed by atoms with Crippen molar-refractivity contribution in [2.24, 2.45) is 5.73 Å². The quantitative estimate of drug-likeness (QED) is 0.0640. The molecule has 3 N–H and O–H groups in total. The van der Waals surface area contributed by atoms with Crippen molar-refractivity contribution in [1.82, 2.24) is 0 Å².